The third-order valence-corrected chi connectivity index (χ3v) is 8.17. The van der Waals surface area contributed by atoms with E-state index in [4.69, 9.17) is 14.6 Å². The summed E-state index contributed by atoms with van der Waals surface area (Å²) in [6.07, 6.45) is 6.94. The lowest BCUT2D eigenvalue weighted by Gasteiger charge is -2.14. The van der Waals surface area contributed by atoms with Gasteiger partial charge in [0.15, 0.2) is 0 Å². The Morgan fingerprint density at radius 1 is 0.900 bits per heavy atom. The van der Waals surface area contributed by atoms with Crippen LogP contribution in [0.2, 0.25) is 0 Å². The maximum absolute atomic E-state index is 13.5. The van der Waals surface area contributed by atoms with Crippen LogP contribution in [0.25, 0.3) is 16.5 Å². The zero-order valence-electron chi connectivity index (χ0n) is 28.7. The van der Waals surface area contributed by atoms with E-state index in [0.717, 1.165) is 22.0 Å². The number of nitrogens with zero attached hydrogens (tertiary/aromatic N) is 6. The molecule has 50 heavy (non-hydrogen) atoms. The number of aromatic nitrogens is 5. The van der Waals surface area contributed by atoms with Crippen molar-refractivity contribution in [2.45, 2.75) is 32.6 Å². The number of pyridine rings is 1. The highest BCUT2D eigenvalue weighted by atomic mass is 32.2. The van der Waals surface area contributed by atoms with E-state index in [1.807, 2.05) is 60.7 Å². The molecule has 6 aromatic rings. The standard InChI is InChI=1S/C37H38N8O4S/c1-37(2,3)31-22-33(45(43-31)26-14-17-34(48-4)39-23-26)42-36(46)40-29-15-16-30(28-13-8-7-12-27(28)29)49-35-18-19-38-32(41-35)21-24-10-9-11-25(20-24)44-50(5,6)47/h7-20,22-23H,21H2,1-6H3,(H2,40,42,46). The largest absolute Gasteiger partial charge is 0.481 e. The van der Waals surface area contributed by atoms with Crippen molar-refractivity contribution in [2.24, 2.45) is 4.36 Å². The maximum atomic E-state index is 13.5. The summed E-state index contributed by atoms with van der Waals surface area (Å²) in [5.41, 5.74) is 3.39. The minimum Gasteiger partial charge on any atom is -0.481 e. The maximum Gasteiger partial charge on any atom is 0.324 e. The highest BCUT2D eigenvalue weighted by molar-refractivity contribution is 7.92. The topological polar surface area (TPSA) is 146 Å². The summed E-state index contributed by atoms with van der Waals surface area (Å²) in [6.45, 7) is 6.17. The molecule has 0 atom stereocenters. The van der Waals surface area contributed by atoms with Crippen LogP contribution in [-0.2, 0) is 21.6 Å². The molecule has 0 saturated carbocycles. The molecule has 0 radical (unpaired) electrons. The molecule has 2 amide bonds. The van der Waals surface area contributed by atoms with Crippen LogP contribution >= 0.6 is 0 Å². The molecule has 3 aromatic carbocycles. The Morgan fingerprint density at radius 3 is 2.42 bits per heavy atom. The van der Waals surface area contributed by atoms with E-state index in [-0.39, 0.29) is 5.41 Å². The summed E-state index contributed by atoms with van der Waals surface area (Å²) in [6, 6.07) is 25.4. The second-order valence-corrected chi connectivity index (χ2v) is 15.4. The number of ether oxygens (including phenoxy) is 2. The zero-order valence-corrected chi connectivity index (χ0v) is 29.5. The van der Waals surface area contributed by atoms with Gasteiger partial charge in [-0.15, -0.1) is 0 Å². The quantitative estimate of drug-likeness (QED) is 0.156. The molecule has 256 valence electrons. The van der Waals surface area contributed by atoms with Gasteiger partial charge in [0.25, 0.3) is 0 Å². The van der Waals surface area contributed by atoms with E-state index in [0.29, 0.717) is 52.6 Å². The number of carbonyl (C=O) groups excluding carboxylic acids is 1. The van der Waals surface area contributed by atoms with Crippen molar-refractivity contribution < 1.29 is 18.5 Å². The van der Waals surface area contributed by atoms with E-state index in [1.54, 1.807) is 61.0 Å². The molecule has 3 heterocycles. The lowest BCUT2D eigenvalue weighted by atomic mass is 9.92. The number of amides is 2. The molecule has 0 fully saturated rings. The number of anilines is 2. The third kappa shape index (κ3) is 8.24. The van der Waals surface area contributed by atoms with Gasteiger partial charge in [-0.25, -0.2) is 23.7 Å². The molecular weight excluding hydrogens is 653 g/mol. The molecule has 0 unspecified atom stereocenters. The van der Waals surface area contributed by atoms with Gasteiger partial charge < -0.3 is 14.8 Å². The molecule has 0 bridgehead atoms. The number of nitrogens with one attached hydrogen (secondary N) is 2. The average Bonchev–Trinajstić information content (AvgIpc) is 3.50. The number of hydrogen-bond donors (Lipinski definition) is 2. The molecule has 0 aliphatic carbocycles. The Balaban J connectivity index is 1.22. The highest BCUT2D eigenvalue weighted by Gasteiger charge is 2.22. The predicted molar refractivity (Wildman–Crippen MR) is 197 cm³/mol. The molecule has 13 heteroatoms. The van der Waals surface area contributed by atoms with Crippen molar-refractivity contribution >= 4 is 43.7 Å². The number of carbonyl (C=O) groups is 1. The molecule has 0 saturated heterocycles. The van der Waals surface area contributed by atoms with Crippen LogP contribution < -0.4 is 20.1 Å². The van der Waals surface area contributed by atoms with Crippen LogP contribution in [-0.4, -0.2) is 54.6 Å². The molecule has 0 aliphatic heterocycles. The lowest BCUT2D eigenvalue weighted by molar-refractivity contribution is 0.262. The molecular formula is C37H38N8O4S. The fraction of sp³-hybridized carbons (Fsp3) is 0.216. The summed E-state index contributed by atoms with van der Waals surface area (Å²) in [4.78, 5) is 26.8. The number of methoxy groups -OCH3 is 1. The Labute approximate surface area is 291 Å². The molecule has 3 aromatic heterocycles. The summed E-state index contributed by atoms with van der Waals surface area (Å²) in [5, 5.41) is 12.3. The van der Waals surface area contributed by atoms with E-state index >= 15 is 0 Å². The Bertz CT molecular complexity index is 2300. The van der Waals surface area contributed by atoms with Crippen LogP contribution in [0.5, 0.6) is 17.5 Å². The van der Waals surface area contributed by atoms with Crippen LogP contribution in [0.4, 0.5) is 22.0 Å². The van der Waals surface area contributed by atoms with Gasteiger partial charge in [-0.2, -0.15) is 14.4 Å². The second-order valence-electron chi connectivity index (χ2n) is 12.9. The number of hydrogen-bond acceptors (Lipinski definition) is 9. The van der Waals surface area contributed by atoms with Crippen molar-refractivity contribution in [2.75, 3.05) is 30.3 Å². The third-order valence-electron chi connectivity index (χ3n) is 7.52. The average molecular weight is 691 g/mol. The smallest absolute Gasteiger partial charge is 0.324 e. The SMILES string of the molecule is COc1ccc(-n2nc(C(C)(C)C)cc2NC(=O)Nc2ccc(Oc3ccnc(Cc4cccc(N=S(C)(C)=O)c4)n3)c3ccccc23)cn1. The first-order chi connectivity index (χ1) is 23.8. The monoisotopic (exact) mass is 690 g/mol. The number of urea groups is 1. The van der Waals surface area contributed by atoms with Crippen LogP contribution in [0.1, 0.15) is 37.9 Å². The minimum atomic E-state index is -2.28. The fourth-order valence-corrected chi connectivity index (χ4v) is 5.81. The second kappa shape index (κ2) is 14.0. The van der Waals surface area contributed by atoms with Crippen molar-refractivity contribution in [3.63, 3.8) is 0 Å². The Kier molecular flexibility index (Phi) is 9.51. The van der Waals surface area contributed by atoms with Crippen LogP contribution in [0.15, 0.2) is 102 Å². The summed E-state index contributed by atoms with van der Waals surface area (Å²) in [5.74, 6) is 2.47. The van der Waals surface area contributed by atoms with Gasteiger partial charge in [0.2, 0.25) is 11.8 Å². The molecule has 2 N–H and O–H groups in total. The van der Waals surface area contributed by atoms with E-state index in [2.05, 4.69) is 50.7 Å². The van der Waals surface area contributed by atoms with Crippen LogP contribution in [0.3, 0.4) is 0 Å². The van der Waals surface area contributed by atoms with Gasteiger partial charge in [0.05, 0.1) is 36.1 Å². The summed E-state index contributed by atoms with van der Waals surface area (Å²) < 4.78 is 29.6. The van der Waals surface area contributed by atoms with Gasteiger partial charge in [0, 0.05) is 69.2 Å². The summed E-state index contributed by atoms with van der Waals surface area (Å²) in [7, 11) is -0.726. The first-order valence-electron chi connectivity index (χ1n) is 15.8. The lowest BCUT2D eigenvalue weighted by Crippen LogP contribution is -2.21. The van der Waals surface area contributed by atoms with Gasteiger partial charge >= 0.3 is 6.03 Å². The first-order valence-corrected chi connectivity index (χ1v) is 18.1. The fourth-order valence-electron chi connectivity index (χ4n) is 5.19. The van der Waals surface area contributed by atoms with Crippen molar-refractivity contribution in [1.82, 2.24) is 24.7 Å². The van der Waals surface area contributed by atoms with Crippen molar-refractivity contribution in [3.05, 3.63) is 114 Å². The predicted octanol–water partition coefficient (Wildman–Crippen LogP) is 7.90. The summed E-state index contributed by atoms with van der Waals surface area (Å²) >= 11 is 0. The van der Waals surface area contributed by atoms with Crippen molar-refractivity contribution in [1.29, 1.82) is 0 Å². The zero-order chi connectivity index (χ0) is 35.5. The normalized spacial score (nSPS) is 11.6. The molecule has 12 nitrogen and oxygen atoms in total. The first kappa shape index (κ1) is 34.1. The number of benzene rings is 3. The van der Waals surface area contributed by atoms with Gasteiger partial charge in [0.1, 0.15) is 17.4 Å². The Hall–Kier alpha value is -5.82. The molecule has 6 rings (SSSR count). The minimum absolute atomic E-state index is 0.258. The van der Waals surface area contributed by atoms with E-state index in [1.165, 1.54) is 0 Å². The Morgan fingerprint density at radius 2 is 1.70 bits per heavy atom. The van der Waals surface area contributed by atoms with Crippen LogP contribution in [0, 0.1) is 0 Å². The molecule has 0 aliphatic rings. The number of rotatable bonds is 9. The van der Waals surface area contributed by atoms with Gasteiger partial charge in [-0.1, -0.05) is 57.2 Å². The van der Waals surface area contributed by atoms with Crippen molar-refractivity contribution in [3.8, 4) is 23.2 Å². The van der Waals surface area contributed by atoms with E-state index in [9.17, 15) is 9.00 Å². The van der Waals surface area contributed by atoms with Gasteiger partial charge in [-0.3, -0.25) is 5.32 Å². The number of fused-ring (bicyclic) bond motifs is 1. The molecule has 0 spiro atoms. The van der Waals surface area contributed by atoms with Gasteiger partial charge in [-0.05, 0) is 35.9 Å². The van der Waals surface area contributed by atoms with E-state index < -0.39 is 15.8 Å². The highest BCUT2D eigenvalue weighted by Crippen LogP contribution is 2.34.